The van der Waals surface area contributed by atoms with Gasteiger partial charge < -0.3 is 10.6 Å². The molecular weight excluding hydrogens is 340 g/mol. The molecule has 0 aliphatic heterocycles. The van der Waals surface area contributed by atoms with E-state index >= 15 is 0 Å². The van der Waals surface area contributed by atoms with E-state index in [1.54, 1.807) is 17.5 Å². The minimum Gasteiger partial charge on any atom is -0.351 e. The van der Waals surface area contributed by atoms with Gasteiger partial charge in [-0.2, -0.15) is 0 Å². The molecule has 1 aromatic heterocycles. The first-order valence-electron chi connectivity index (χ1n) is 6.75. The molecule has 7 nitrogen and oxygen atoms in total. The van der Waals surface area contributed by atoms with Crippen LogP contribution in [0.3, 0.4) is 0 Å². The first-order chi connectivity index (χ1) is 10.6. The Hall–Kier alpha value is -2.03. The van der Waals surface area contributed by atoms with Gasteiger partial charge in [0.15, 0.2) is 0 Å². The average Bonchev–Trinajstić information content (AvgIpc) is 3.01. The number of carbonyl (C=O) groups excluding carboxylic acids is 1. The van der Waals surface area contributed by atoms with Crippen molar-refractivity contribution in [2.45, 2.75) is 6.42 Å². The zero-order valence-corrected chi connectivity index (χ0v) is 14.1. The summed E-state index contributed by atoms with van der Waals surface area (Å²) in [6.07, 6.45) is 0.849. The number of halogens is 1. The van der Waals surface area contributed by atoms with E-state index in [0.717, 1.165) is 18.5 Å². The van der Waals surface area contributed by atoms with Crippen molar-refractivity contribution >= 4 is 35.3 Å². The number of nitro groups is 1. The van der Waals surface area contributed by atoms with Crippen LogP contribution in [0.4, 0.5) is 5.69 Å². The Bertz CT molecular complexity index is 660. The normalized spacial score (nSPS) is 9.96. The van der Waals surface area contributed by atoms with E-state index in [4.69, 9.17) is 0 Å². The molecule has 0 bridgehead atoms. The summed E-state index contributed by atoms with van der Waals surface area (Å²) in [4.78, 5) is 26.4. The van der Waals surface area contributed by atoms with Crippen LogP contribution in [0.15, 0.2) is 29.6 Å². The summed E-state index contributed by atoms with van der Waals surface area (Å²) in [5.41, 5.74) is 1.15. The van der Waals surface area contributed by atoms with Gasteiger partial charge in [0.05, 0.1) is 4.92 Å². The highest BCUT2D eigenvalue weighted by Gasteiger charge is 2.12. The van der Waals surface area contributed by atoms with Crippen LogP contribution in [0.1, 0.15) is 16.9 Å². The molecule has 0 saturated carbocycles. The van der Waals surface area contributed by atoms with Gasteiger partial charge in [0, 0.05) is 29.6 Å². The number of thiazole rings is 1. The largest absolute Gasteiger partial charge is 0.351 e. The third kappa shape index (κ3) is 5.27. The maximum Gasteiger partial charge on any atom is 0.270 e. The van der Waals surface area contributed by atoms with E-state index in [9.17, 15) is 14.9 Å². The molecule has 23 heavy (non-hydrogen) atoms. The molecule has 2 N–H and O–H groups in total. The predicted molar refractivity (Wildman–Crippen MR) is 92.3 cm³/mol. The van der Waals surface area contributed by atoms with Gasteiger partial charge in [0.2, 0.25) is 0 Å². The summed E-state index contributed by atoms with van der Waals surface area (Å²) < 4.78 is 0. The van der Waals surface area contributed by atoms with Crippen LogP contribution < -0.4 is 10.6 Å². The Morgan fingerprint density at radius 2 is 2.00 bits per heavy atom. The minimum absolute atomic E-state index is 0. The lowest BCUT2D eigenvalue weighted by Gasteiger charge is -2.02. The topological polar surface area (TPSA) is 97.2 Å². The van der Waals surface area contributed by atoms with Crippen LogP contribution in [-0.4, -0.2) is 36.0 Å². The Labute approximate surface area is 143 Å². The number of aromatic nitrogens is 1. The zero-order valence-electron chi connectivity index (χ0n) is 12.4. The molecule has 0 radical (unpaired) electrons. The van der Waals surface area contributed by atoms with Gasteiger partial charge in [0.25, 0.3) is 11.6 Å². The average molecular weight is 357 g/mol. The molecule has 0 aliphatic rings. The van der Waals surface area contributed by atoms with Crippen molar-refractivity contribution in [2.24, 2.45) is 0 Å². The second-order valence-corrected chi connectivity index (χ2v) is 5.41. The number of hydrogen-bond donors (Lipinski definition) is 2. The van der Waals surface area contributed by atoms with Crippen LogP contribution in [0, 0.1) is 10.1 Å². The fourth-order valence-corrected chi connectivity index (χ4v) is 2.60. The van der Waals surface area contributed by atoms with Crippen molar-refractivity contribution in [2.75, 3.05) is 20.1 Å². The molecule has 2 aromatic rings. The first-order valence-corrected chi connectivity index (χ1v) is 7.63. The van der Waals surface area contributed by atoms with Crippen LogP contribution >= 0.6 is 23.7 Å². The van der Waals surface area contributed by atoms with E-state index in [-0.39, 0.29) is 24.0 Å². The van der Waals surface area contributed by atoms with Gasteiger partial charge in [-0.3, -0.25) is 14.9 Å². The summed E-state index contributed by atoms with van der Waals surface area (Å²) >= 11 is 1.33. The zero-order chi connectivity index (χ0) is 15.9. The van der Waals surface area contributed by atoms with Crippen molar-refractivity contribution < 1.29 is 9.72 Å². The Morgan fingerprint density at radius 1 is 1.30 bits per heavy atom. The molecule has 0 atom stereocenters. The molecule has 1 heterocycles. The summed E-state index contributed by atoms with van der Waals surface area (Å²) in [6, 6.07) is 6.11. The first kappa shape index (κ1) is 19.0. The fraction of sp³-hybridized carbons (Fsp3) is 0.286. The lowest BCUT2D eigenvalue weighted by atomic mass is 10.2. The van der Waals surface area contributed by atoms with E-state index in [1.807, 2.05) is 7.05 Å². The van der Waals surface area contributed by atoms with Gasteiger partial charge in [-0.05, 0) is 32.1 Å². The van der Waals surface area contributed by atoms with Gasteiger partial charge in [-0.15, -0.1) is 23.7 Å². The number of carbonyl (C=O) groups is 1. The Kier molecular flexibility index (Phi) is 7.60. The van der Waals surface area contributed by atoms with Gasteiger partial charge in [-0.1, -0.05) is 0 Å². The molecule has 1 amide bonds. The number of hydrogen-bond acceptors (Lipinski definition) is 6. The van der Waals surface area contributed by atoms with Gasteiger partial charge in [0.1, 0.15) is 10.7 Å². The highest BCUT2D eigenvalue weighted by atomic mass is 35.5. The Balaban J connectivity index is 0.00000264. The highest BCUT2D eigenvalue weighted by molar-refractivity contribution is 7.13. The molecule has 9 heteroatoms. The van der Waals surface area contributed by atoms with Crippen molar-refractivity contribution in [1.29, 1.82) is 0 Å². The van der Waals surface area contributed by atoms with Gasteiger partial charge in [-0.25, -0.2) is 4.98 Å². The van der Waals surface area contributed by atoms with Crippen molar-refractivity contribution in [3.8, 4) is 10.6 Å². The van der Waals surface area contributed by atoms with Crippen molar-refractivity contribution in [3.63, 3.8) is 0 Å². The van der Waals surface area contributed by atoms with Crippen LogP contribution in [0.2, 0.25) is 0 Å². The summed E-state index contributed by atoms with van der Waals surface area (Å²) in [7, 11) is 1.86. The summed E-state index contributed by atoms with van der Waals surface area (Å²) in [5.74, 6) is -0.208. The number of nitrogens with zero attached hydrogens (tertiary/aromatic N) is 2. The minimum atomic E-state index is -0.449. The summed E-state index contributed by atoms with van der Waals surface area (Å²) in [5, 5.41) is 18.8. The molecule has 1 aromatic carbocycles. The van der Waals surface area contributed by atoms with Crippen LogP contribution in [-0.2, 0) is 0 Å². The number of nitro benzene ring substituents is 1. The monoisotopic (exact) mass is 356 g/mol. The molecule has 2 rings (SSSR count). The molecule has 0 aliphatic carbocycles. The molecule has 0 unspecified atom stereocenters. The van der Waals surface area contributed by atoms with Gasteiger partial charge >= 0.3 is 0 Å². The molecular formula is C14H17ClN4O3S. The number of rotatable bonds is 7. The smallest absolute Gasteiger partial charge is 0.270 e. The number of benzene rings is 1. The Morgan fingerprint density at radius 3 is 2.61 bits per heavy atom. The van der Waals surface area contributed by atoms with E-state index in [2.05, 4.69) is 15.6 Å². The lowest BCUT2D eigenvalue weighted by molar-refractivity contribution is -0.384. The maximum absolute atomic E-state index is 11.9. The van der Waals surface area contributed by atoms with E-state index in [1.165, 1.54) is 23.5 Å². The summed E-state index contributed by atoms with van der Waals surface area (Å²) in [6.45, 7) is 1.43. The maximum atomic E-state index is 11.9. The number of nitrogens with one attached hydrogen (secondary N) is 2. The lowest BCUT2D eigenvalue weighted by Crippen LogP contribution is -2.26. The molecule has 124 valence electrons. The highest BCUT2D eigenvalue weighted by Crippen LogP contribution is 2.25. The second-order valence-electron chi connectivity index (χ2n) is 4.55. The number of amides is 1. The fourth-order valence-electron chi connectivity index (χ4n) is 1.79. The predicted octanol–water partition coefficient (Wildman–Crippen LogP) is 2.48. The standard InChI is InChI=1S/C14H16N4O3S.ClH/c1-15-7-2-8-16-13(19)12-9-22-14(17-12)10-3-5-11(6-4-10)18(20)21;/h3-6,9,15H,2,7-8H2,1H3,(H,16,19);1H. The third-order valence-corrected chi connectivity index (χ3v) is 3.84. The SMILES string of the molecule is CNCCCNC(=O)c1csc(-c2ccc([N+](=O)[O-])cc2)n1.Cl. The van der Waals surface area contributed by atoms with Crippen LogP contribution in [0.25, 0.3) is 10.6 Å². The van der Waals surface area contributed by atoms with Crippen molar-refractivity contribution in [3.05, 3.63) is 45.5 Å². The third-order valence-electron chi connectivity index (χ3n) is 2.95. The molecule has 0 fully saturated rings. The number of non-ortho nitro benzene ring substituents is 1. The quantitative estimate of drug-likeness (QED) is 0.451. The second kappa shape index (κ2) is 9.19. The van der Waals surface area contributed by atoms with Crippen LogP contribution in [0.5, 0.6) is 0 Å². The van der Waals surface area contributed by atoms with E-state index in [0.29, 0.717) is 17.2 Å². The van der Waals surface area contributed by atoms with E-state index < -0.39 is 4.92 Å². The molecule has 0 spiro atoms. The van der Waals surface area contributed by atoms with Crippen molar-refractivity contribution in [1.82, 2.24) is 15.6 Å². The molecule has 0 saturated heterocycles.